The first-order chi connectivity index (χ1) is 9.86. The van der Waals surface area contributed by atoms with Crippen LogP contribution in [0.15, 0.2) is 6.07 Å². The highest BCUT2D eigenvalue weighted by Crippen LogP contribution is 2.37. The lowest BCUT2D eigenvalue weighted by Gasteiger charge is -2.27. The molecule has 0 saturated carbocycles. The Kier molecular flexibility index (Phi) is 3.42. The Morgan fingerprint density at radius 3 is 2.76 bits per heavy atom. The third kappa shape index (κ3) is 2.63. The molecule has 1 N–H and O–H groups in total. The van der Waals surface area contributed by atoms with Crippen molar-refractivity contribution in [1.29, 1.82) is 0 Å². The van der Waals surface area contributed by atoms with Gasteiger partial charge in [-0.2, -0.15) is 0 Å². The zero-order chi connectivity index (χ0) is 15.2. The number of aryl methyl sites for hydroxylation is 2. The molecule has 0 aromatic carbocycles. The van der Waals surface area contributed by atoms with E-state index in [2.05, 4.69) is 25.7 Å². The Hall–Kier alpha value is -1.58. The van der Waals surface area contributed by atoms with Crippen LogP contribution in [0.2, 0.25) is 0 Å². The van der Waals surface area contributed by atoms with E-state index in [0.717, 1.165) is 50.0 Å². The molecule has 4 heteroatoms. The molecule has 1 unspecified atom stereocenters. The monoisotopic (exact) mass is 288 g/mol. The van der Waals surface area contributed by atoms with Crippen molar-refractivity contribution in [2.24, 2.45) is 11.3 Å². The van der Waals surface area contributed by atoms with E-state index in [-0.39, 0.29) is 5.41 Å². The second-order valence-electron chi connectivity index (χ2n) is 7.42. The summed E-state index contributed by atoms with van der Waals surface area (Å²) in [5, 5.41) is 9.52. The molecule has 1 saturated heterocycles. The lowest BCUT2D eigenvalue weighted by molar-refractivity contribution is 0.0697. The number of nitrogens with zero attached hydrogens (tertiary/aromatic N) is 2. The van der Waals surface area contributed by atoms with E-state index < -0.39 is 5.97 Å². The second-order valence-corrected chi connectivity index (χ2v) is 7.42. The maximum Gasteiger partial charge on any atom is 0.339 e. The fourth-order valence-electron chi connectivity index (χ4n) is 3.52. The van der Waals surface area contributed by atoms with Gasteiger partial charge in [-0.25, -0.2) is 9.78 Å². The van der Waals surface area contributed by atoms with Crippen LogP contribution in [0.3, 0.4) is 0 Å². The summed E-state index contributed by atoms with van der Waals surface area (Å²) in [6.45, 7) is 8.60. The molecule has 0 spiro atoms. The number of carboxylic acid groups (broad SMARTS) is 1. The molecule has 3 rings (SSSR count). The average molecular weight is 288 g/mol. The number of aromatic nitrogens is 1. The third-order valence-electron chi connectivity index (χ3n) is 4.97. The maximum atomic E-state index is 11.6. The number of anilines is 1. The summed E-state index contributed by atoms with van der Waals surface area (Å²) in [5.41, 5.74) is 2.87. The molecule has 4 nitrogen and oxygen atoms in total. The van der Waals surface area contributed by atoms with Gasteiger partial charge >= 0.3 is 5.97 Å². The number of hydrogen-bond donors (Lipinski definition) is 1. The van der Waals surface area contributed by atoms with Crippen molar-refractivity contribution in [3.05, 3.63) is 22.9 Å². The van der Waals surface area contributed by atoms with Gasteiger partial charge in [0.2, 0.25) is 0 Å². The third-order valence-corrected chi connectivity index (χ3v) is 4.97. The molecule has 0 amide bonds. The summed E-state index contributed by atoms with van der Waals surface area (Å²) in [6, 6.07) is 1.86. The molecule has 2 aliphatic rings. The summed E-state index contributed by atoms with van der Waals surface area (Å²) in [5.74, 6) is 0.426. The summed E-state index contributed by atoms with van der Waals surface area (Å²) >= 11 is 0. The highest BCUT2D eigenvalue weighted by atomic mass is 16.4. The van der Waals surface area contributed by atoms with Gasteiger partial charge in [-0.1, -0.05) is 20.8 Å². The van der Waals surface area contributed by atoms with Crippen molar-refractivity contribution < 1.29 is 9.90 Å². The van der Waals surface area contributed by atoms with Crippen molar-refractivity contribution in [3.63, 3.8) is 0 Å². The zero-order valence-corrected chi connectivity index (χ0v) is 13.1. The van der Waals surface area contributed by atoms with E-state index in [9.17, 15) is 9.90 Å². The summed E-state index contributed by atoms with van der Waals surface area (Å²) in [7, 11) is 0. The molecule has 114 valence electrons. The van der Waals surface area contributed by atoms with E-state index >= 15 is 0 Å². The van der Waals surface area contributed by atoms with E-state index in [1.54, 1.807) is 0 Å². The standard InChI is InChI=1S/C17H24N2O2/c1-17(2,3)12-7-8-19(10-12)15-13(16(20)21)9-11-5-4-6-14(11)18-15/h9,12H,4-8,10H2,1-3H3,(H,20,21). The molecule has 1 aliphatic heterocycles. The summed E-state index contributed by atoms with van der Waals surface area (Å²) in [4.78, 5) is 18.5. The van der Waals surface area contributed by atoms with Crippen molar-refractivity contribution in [3.8, 4) is 0 Å². The molecular weight excluding hydrogens is 264 g/mol. The van der Waals surface area contributed by atoms with Crippen molar-refractivity contribution in [2.45, 2.75) is 46.5 Å². The Bertz CT molecular complexity index is 575. The molecule has 1 aromatic heterocycles. The quantitative estimate of drug-likeness (QED) is 0.908. The highest BCUT2D eigenvalue weighted by Gasteiger charge is 2.34. The molecule has 1 aliphatic carbocycles. The van der Waals surface area contributed by atoms with Crippen LogP contribution in [0, 0.1) is 11.3 Å². The molecule has 1 aromatic rings. The number of carboxylic acids is 1. The minimum Gasteiger partial charge on any atom is -0.478 e. The van der Waals surface area contributed by atoms with Gasteiger partial charge in [-0.3, -0.25) is 0 Å². The van der Waals surface area contributed by atoms with Gasteiger partial charge in [0, 0.05) is 18.8 Å². The number of rotatable bonds is 2. The molecular formula is C17H24N2O2. The van der Waals surface area contributed by atoms with Crippen molar-refractivity contribution in [2.75, 3.05) is 18.0 Å². The van der Waals surface area contributed by atoms with Gasteiger partial charge in [0.15, 0.2) is 0 Å². The molecule has 1 fully saturated rings. The number of pyridine rings is 1. The fourth-order valence-corrected chi connectivity index (χ4v) is 3.52. The number of carbonyl (C=O) groups is 1. The van der Waals surface area contributed by atoms with Gasteiger partial charge in [0.1, 0.15) is 11.4 Å². The number of hydrogen-bond acceptors (Lipinski definition) is 3. The lowest BCUT2D eigenvalue weighted by Crippen LogP contribution is -2.28. The van der Waals surface area contributed by atoms with Crippen LogP contribution in [0.1, 0.15) is 55.2 Å². The van der Waals surface area contributed by atoms with E-state index in [1.807, 2.05) is 6.07 Å². The minimum atomic E-state index is -0.855. The second kappa shape index (κ2) is 5.00. The first-order valence-electron chi connectivity index (χ1n) is 7.87. The number of aromatic carboxylic acids is 1. The van der Waals surface area contributed by atoms with Gasteiger partial charge in [0.05, 0.1) is 0 Å². The highest BCUT2D eigenvalue weighted by molar-refractivity contribution is 5.93. The Morgan fingerprint density at radius 2 is 2.14 bits per heavy atom. The predicted molar refractivity (Wildman–Crippen MR) is 83.0 cm³/mol. The van der Waals surface area contributed by atoms with Gasteiger partial charge in [0.25, 0.3) is 0 Å². The average Bonchev–Trinajstić information content (AvgIpc) is 3.05. The molecule has 21 heavy (non-hydrogen) atoms. The van der Waals surface area contributed by atoms with Crippen LogP contribution in [-0.2, 0) is 12.8 Å². The first-order valence-corrected chi connectivity index (χ1v) is 7.87. The Labute approximate surface area is 126 Å². The van der Waals surface area contributed by atoms with Crippen LogP contribution < -0.4 is 4.90 Å². The normalized spacial score (nSPS) is 21.7. The van der Waals surface area contributed by atoms with Gasteiger partial charge < -0.3 is 10.0 Å². The number of fused-ring (bicyclic) bond motifs is 1. The topological polar surface area (TPSA) is 53.4 Å². The molecule has 0 radical (unpaired) electrons. The van der Waals surface area contributed by atoms with Crippen LogP contribution >= 0.6 is 0 Å². The Balaban J connectivity index is 1.94. The predicted octanol–water partition coefficient (Wildman–Crippen LogP) is 3.14. The molecule has 0 bridgehead atoms. The van der Waals surface area contributed by atoms with Crippen molar-refractivity contribution >= 4 is 11.8 Å². The van der Waals surface area contributed by atoms with Crippen LogP contribution in [0.5, 0.6) is 0 Å². The zero-order valence-electron chi connectivity index (χ0n) is 13.1. The minimum absolute atomic E-state index is 0.259. The van der Waals surface area contributed by atoms with Crippen LogP contribution in [0.25, 0.3) is 0 Å². The SMILES string of the molecule is CC(C)(C)C1CCN(c2nc3c(cc2C(=O)O)CCC3)C1. The maximum absolute atomic E-state index is 11.6. The summed E-state index contributed by atoms with van der Waals surface area (Å²) < 4.78 is 0. The molecule has 1 atom stereocenters. The van der Waals surface area contributed by atoms with E-state index in [4.69, 9.17) is 4.98 Å². The summed E-state index contributed by atoms with van der Waals surface area (Å²) in [6.07, 6.45) is 4.16. The van der Waals surface area contributed by atoms with Crippen molar-refractivity contribution in [1.82, 2.24) is 4.98 Å². The largest absolute Gasteiger partial charge is 0.478 e. The fraction of sp³-hybridized carbons (Fsp3) is 0.647. The lowest BCUT2D eigenvalue weighted by atomic mass is 9.80. The van der Waals surface area contributed by atoms with Crippen LogP contribution in [0.4, 0.5) is 5.82 Å². The van der Waals surface area contributed by atoms with Gasteiger partial charge in [-0.05, 0) is 48.6 Å². The van der Waals surface area contributed by atoms with Crippen LogP contribution in [-0.4, -0.2) is 29.1 Å². The smallest absolute Gasteiger partial charge is 0.339 e. The van der Waals surface area contributed by atoms with E-state index in [1.165, 1.54) is 0 Å². The molecule has 2 heterocycles. The van der Waals surface area contributed by atoms with Gasteiger partial charge in [-0.15, -0.1) is 0 Å². The van der Waals surface area contributed by atoms with E-state index in [0.29, 0.717) is 17.3 Å². The Morgan fingerprint density at radius 1 is 1.38 bits per heavy atom. The first kappa shape index (κ1) is 14.4.